The second kappa shape index (κ2) is 14.7. The van der Waals surface area contributed by atoms with Gasteiger partial charge in [0, 0.05) is 54.6 Å². The Morgan fingerprint density at radius 3 is 1.54 bits per heavy atom. The molecule has 0 saturated heterocycles. The summed E-state index contributed by atoms with van der Waals surface area (Å²) >= 11 is 0. The Labute approximate surface area is 428 Å². The first-order valence-electron chi connectivity index (χ1n) is 25.9. The van der Waals surface area contributed by atoms with E-state index in [9.17, 15) is 0 Å². The van der Waals surface area contributed by atoms with E-state index in [1.54, 1.807) is 0 Å². The van der Waals surface area contributed by atoms with Crippen molar-refractivity contribution in [1.29, 1.82) is 0 Å². The highest BCUT2D eigenvalue weighted by Crippen LogP contribution is 2.53. The van der Waals surface area contributed by atoms with Crippen molar-refractivity contribution >= 4 is 76.2 Å². The summed E-state index contributed by atoms with van der Waals surface area (Å²) in [5, 5.41) is 9.90. The molecule has 0 bridgehead atoms. The first-order chi connectivity index (χ1) is 36.2. The summed E-state index contributed by atoms with van der Waals surface area (Å²) in [6.07, 6.45) is 0. The van der Waals surface area contributed by atoms with Gasteiger partial charge in [-0.1, -0.05) is 191 Å². The van der Waals surface area contributed by atoms with Gasteiger partial charge in [-0.3, -0.25) is 0 Å². The zero-order valence-corrected chi connectivity index (χ0v) is 41.6. The SMILES string of the molecule is CC1(C)c2ccccc2-c2ccc(-c3nc4cccc(-n5c6ccccc6c6cc7c8c9ccccc9c9ccccc9c8n(-c8ccccc8)c7cc65)c4nc3-c3ccc4c(c3)C(C)(C)c3ccccc3-4)cc21. The Balaban J connectivity index is 0.996. The predicted molar refractivity (Wildman–Crippen MR) is 309 cm³/mol. The summed E-state index contributed by atoms with van der Waals surface area (Å²) in [5.41, 5.74) is 22.5. The smallest absolute Gasteiger partial charge is 0.113 e. The molecule has 0 fully saturated rings. The maximum atomic E-state index is 5.93. The Kier molecular flexibility index (Phi) is 8.27. The van der Waals surface area contributed by atoms with Gasteiger partial charge in [-0.05, 0) is 115 Å². The van der Waals surface area contributed by atoms with Crippen LogP contribution in [0.15, 0.2) is 218 Å². The lowest BCUT2D eigenvalue weighted by molar-refractivity contribution is 0.660. The van der Waals surface area contributed by atoms with Gasteiger partial charge in [0.05, 0.1) is 44.7 Å². The Morgan fingerprint density at radius 2 is 0.865 bits per heavy atom. The first kappa shape index (κ1) is 41.5. The van der Waals surface area contributed by atoms with Crippen molar-refractivity contribution in [2.75, 3.05) is 0 Å². The highest BCUT2D eigenvalue weighted by atomic mass is 15.0. The number of benzene rings is 11. The van der Waals surface area contributed by atoms with Gasteiger partial charge in [-0.25, -0.2) is 9.97 Å². The van der Waals surface area contributed by atoms with E-state index >= 15 is 0 Å². The number of nitrogens with zero attached hydrogens (tertiary/aromatic N) is 4. The van der Waals surface area contributed by atoms with Gasteiger partial charge in [0.1, 0.15) is 5.52 Å². The summed E-state index contributed by atoms with van der Waals surface area (Å²) < 4.78 is 4.95. The molecule has 3 heterocycles. The molecule has 0 N–H and O–H groups in total. The van der Waals surface area contributed by atoms with Crippen molar-refractivity contribution in [1.82, 2.24) is 19.1 Å². The van der Waals surface area contributed by atoms with Gasteiger partial charge in [0.2, 0.25) is 0 Å². The lowest BCUT2D eigenvalue weighted by Crippen LogP contribution is -2.15. The molecule has 2 aliphatic carbocycles. The van der Waals surface area contributed by atoms with Crippen LogP contribution in [0.1, 0.15) is 49.9 Å². The third kappa shape index (κ3) is 5.47. The standard InChI is InChI=1S/C70H48N4/c1-69(2)55-28-15-12-23-46(55)48-35-33-41(37-57(48)69)65-66(42-34-36-49-47-24-13-16-29-56(47)70(3,4)58(49)38-42)72-67-59(71-65)30-18-32-61(67)74-60-31-17-14-25-50(60)53-39-54-63(40-62(53)74)73(43-19-6-5-7-20-43)68-52-27-11-9-22-45(52)44-21-8-10-26-51(44)64(54)68/h5-40H,1-4H3. The molecule has 0 radical (unpaired) electrons. The fraction of sp³-hybridized carbons (Fsp3) is 0.0857. The normalized spacial score (nSPS) is 14.2. The van der Waals surface area contributed by atoms with Crippen LogP contribution in [0.25, 0.3) is 132 Å². The van der Waals surface area contributed by atoms with Gasteiger partial charge in [0.15, 0.2) is 0 Å². The van der Waals surface area contributed by atoms with Gasteiger partial charge in [-0.2, -0.15) is 0 Å². The highest BCUT2D eigenvalue weighted by Gasteiger charge is 2.37. The average Bonchev–Trinajstić information content (AvgIpc) is 4.17. The minimum Gasteiger partial charge on any atom is -0.309 e. The molecule has 348 valence electrons. The van der Waals surface area contributed by atoms with Gasteiger partial charge >= 0.3 is 0 Å². The summed E-state index contributed by atoms with van der Waals surface area (Å²) in [5.74, 6) is 0. The molecule has 74 heavy (non-hydrogen) atoms. The van der Waals surface area contributed by atoms with E-state index in [1.165, 1.54) is 93.1 Å². The van der Waals surface area contributed by atoms with Gasteiger partial charge in [0.25, 0.3) is 0 Å². The fourth-order valence-corrected chi connectivity index (χ4v) is 13.6. The zero-order valence-electron chi connectivity index (χ0n) is 41.6. The average molecular weight is 945 g/mol. The van der Waals surface area contributed by atoms with Crippen LogP contribution in [0.5, 0.6) is 0 Å². The molecular formula is C70H48N4. The van der Waals surface area contributed by atoms with Crippen molar-refractivity contribution in [2.24, 2.45) is 0 Å². The maximum absolute atomic E-state index is 5.93. The maximum Gasteiger partial charge on any atom is 0.113 e. The Morgan fingerprint density at radius 1 is 0.338 bits per heavy atom. The lowest BCUT2D eigenvalue weighted by atomic mass is 9.81. The van der Waals surface area contributed by atoms with Crippen LogP contribution in [-0.4, -0.2) is 19.1 Å². The number of para-hydroxylation sites is 3. The molecule has 0 atom stereocenters. The molecule has 4 nitrogen and oxygen atoms in total. The molecule has 2 aliphatic rings. The van der Waals surface area contributed by atoms with Crippen molar-refractivity contribution in [3.63, 3.8) is 0 Å². The molecule has 14 aromatic rings. The van der Waals surface area contributed by atoms with Crippen molar-refractivity contribution in [3.8, 4) is 56.1 Å². The van der Waals surface area contributed by atoms with Crippen molar-refractivity contribution < 1.29 is 0 Å². The van der Waals surface area contributed by atoms with Gasteiger partial charge in [-0.15, -0.1) is 0 Å². The van der Waals surface area contributed by atoms with E-state index < -0.39 is 0 Å². The zero-order chi connectivity index (χ0) is 49.2. The van der Waals surface area contributed by atoms with Crippen LogP contribution in [-0.2, 0) is 10.8 Å². The molecule has 0 unspecified atom stereocenters. The lowest BCUT2D eigenvalue weighted by Gasteiger charge is -2.23. The number of hydrogen-bond acceptors (Lipinski definition) is 2. The van der Waals surface area contributed by atoms with Crippen LogP contribution in [0.2, 0.25) is 0 Å². The minimum absolute atomic E-state index is 0.169. The topological polar surface area (TPSA) is 35.6 Å². The Bertz CT molecular complexity index is 4780. The summed E-state index contributed by atoms with van der Waals surface area (Å²) in [4.78, 5) is 11.7. The number of rotatable bonds is 4. The predicted octanol–water partition coefficient (Wildman–Crippen LogP) is 18.1. The van der Waals surface area contributed by atoms with Crippen LogP contribution >= 0.6 is 0 Å². The second-order valence-corrected chi connectivity index (χ2v) is 21.7. The molecule has 4 heteroatoms. The molecule has 0 aliphatic heterocycles. The summed E-state index contributed by atoms with van der Waals surface area (Å²) in [6.45, 7) is 9.41. The molecule has 0 amide bonds. The largest absolute Gasteiger partial charge is 0.309 e. The van der Waals surface area contributed by atoms with Crippen LogP contribution in [0, 0.1) is 0 Å². The minimum atomic E-state index is -0.185. The summed E-state index contributed by atoms with van der Waals surface area (Å²) in [6, 6.07) is 80.7. The van der Waals surface area contributed by atoms with E-state index in [1.807, 2.05) is 0 Å². The molecule has 11 aromatic carbocycles. The number of fused-ring (bicyclic) bond motifs is 18. The molecule has 16 rings (SSSR count). The monoisotopic (exact) mass is 944 g/mol. The van der Waals surface area contributed by atoms with E-state index in [-0.39, 0.29) is 10.8 Å². The second-order valence-electron chi connectivity index (χ2n) is 21.7. The van der Waals surface area contributed by atoms with Crippen LogP contribution in [0.3, 0.4) is 0 Å². The van der Waals surface area contributed by atoms with E-state index in [2.05, 4.69) is 255 Å². The van der Waals surface area contributed by atoms with Crippen molar-refractivity contribution in [2.45, 2.75) is 38.5 Å². The van der Waals surface area contributed by atoms with Crippen LogP contribution in [0.4, 0.5) is 0 Å². The van der Waals surface area contributed by atoms with Crippen LogP contribution < -0.4 is 0 Å². The van der Waals surface area contributed by atoms with E-state index in [0.29, 0.717) is 0 Å². The van der Waals surface area contributed by atoms with Gasteiger partial charge < -0.3 is 9.13 Å². The fourth-order valence-electron chi connectivity index (χ4n) is 13.6. The summed E-state index contributed by atoms with van der Waals surface area (Å²) in [7, 11) is 0. The highest BCUT2D eigenvalue weighted by molar-refractivity contribution is 6.33. The third-order valence-corrected chi connectivity index (χ3v) is 17.1. The number of aromatic nitrogens is 4. The molecular weight excluding hydrogens is 897 g/mol. The van der Waals surface area contributed by atoms with E-state index in [4.69, 9.17) is 9.97 Å². The molecule has 3 aromatic heterocycles. The first-order valence-corrected chi connectivity index (χ1v) is 25.9. The third-order valence-electron chi connectivity index (χ3n) is 17.1. The quantitative estimate of drug-likeness (QED) is 0.165. The number of hydrogen-bond donors (Lipinski definition) is 0. The molecule has 0 saturated carbocycles. The molecule has 0 spiro atoms. The van der Waals surface area contributed by atoms with E-state index in [0.717, 1.165) is 61.5 Å². The Hall–Kier alpha value is -9.12. The van der Waals surface area contributed by atoms with Crippen molar-refractivity contribution in [3.05, 3.63) is 241 Å².